The molecule has 1 rings (SSSR count). The third-order valence-electron chi connectivity index (χ3n) is 3.05. The van der Waals surface area contributed by atoms with E-state index in [-0.39, 0.29) is 11.7 Å². The molecule has 0 fully saturated rings. The number of carboxylic acid groups (broad SMARTS) is 1. The highest BCUT2D eigenvalue weighted by atomic mass is 16.4. The van der Waals surface area contributed by atoms with Crippen LogP contribution in [0.25, 0.3) is 0 Å². The van der Waals surface area contributed by atoms with Crippen molar-refractivity contribution in [1.82, 2.24) is 5.32 Å². The molecule has 0 aliphatic carbocycles. The number of phenols is 1. The highest BCUT2D eigenvalue weighted by Crippen LogP contribution is 2.19. The van der Waals surface area contributed by atoms with E-state index in [1.165, 1.54) is 13.0 Å². The molecule has 5 nitrogen and oxygen atoms in total. The summed E-state index contributed by atoms with van der Waals surface area (Å²) in [7, 11) is 0. The average molecular weight is 251 g/mol. The summed E-state index contributed by atoms with van der Waals surface area (Å²) in [5.41, 5.74) is 0.824. The second kappa shape index (κ2) is 5.53. The normalized spacial score (nSPS) is 13.7. The summed E-state index contributed by atoms with van der Waals surface area (Å²) in [4.78, 5) is 22.7. The van der Waals surface area contributed by atoms with Crippen LogP contribution >= 0.6 is 0 Å². The van der Waals surface area contributed by atoms with Crippen molar-refractivity contribution in [3.05, 3.63) is 29.3 Å². The minimum Gasteiger partial charge on any atom is -0.508 e. The van der Waals surface area contributed by atoms with Gasteiger partial charge in [0, 0.05) is 17.2 Å². The van der Waals surface area contributed by atoms with Crippen LogP contribution in [0.4, 0.5) is 0 Å². The first-order chi connectivity index (χ1) is 8.34. The number of carboxylic acids is 1. The molecule has 2 unspecified atom stereocenters. The summed E-state index contributed by atoms with van der Waals surface area (Å²) in [6.45, 7) is 4.80. The maximum Gasteiger partial charge on any atom is 0.308 e. The van der Waals surface area contributed by atoms with E-state index in [0.29, 0.717) is 11.1 Å². The van der Waals surface area contributed by atoms with Crippen molar-refractivity contribution >= 4 is 11.9 Å². The van der Waals surface area contributed by atoms with E-state index < -0.39 is 17.9 Å². The molecule has 1 amide bonds. The van der Waals surface area contributed by atoms with Gasteiger partial charge in [-0.2, -0.15) is 0 Å². The molecule has 0 aliphatic heterocycles. The van der Waals surface area contributed by atoms with Crippen LogP contribution in [0.1, 0.15) is 29.8 Å². The number of benzene rings is 1. The van der Waals surface area contributed by atoms with Crippen molar-refractivity contribution in [3.63, 3.8) is 0 Å². The van der Waals surface area contributed by atoms with Crippen molar-refractivity contribution in [2.24, 2.45) is 5.92 Å². The lowest BCUT2D eigenvalue weighted by Gasteiger charge is -2.18. The van der Waals surface area contributed by atoms with E-state index in [1.54, 1.807) is 26.0 Å². The molecule has 2 atom stereocenters. The number of phenolic OH excluding ortho intramolecular Hbond substituents is 1. The molecule has 0 saturated heterocycles. The van der Waals surface area contributed by atoms with Gasteiger partial charge in [0.2, 0.25) is 0 Å². The van der Waals surface area contributed by atoms with Gasteiger partial charge in [-0.15, -0.1) is 0 Å². The molecule has 0 aliphatic rings. The number of rotatable bonds is 4. The van der Waals surface area contributed by atoms with Crippen LogP contribution in [-0.2, 0) is 4.79 Å². The van der Waals surface area contributed by atoms with Gasteiger partial charge in [-0.05, 0) is 32.9 Å². The van der Waals surface area contributed by atoms with E-state index in [1.807, 2.05) is 0 Å². The number of carbonyl (C=O) groups is 2. The minimum atomic E-state index is -0.963. The van der Waals surface area contributed by atoms with E-state index in [4.69, 9.17) is 5.11 Å². The number of nitrogens with one attached hydrogen (secondary N) is 1. The Labute approximate surface area is 105 Å². The second-order valence-electron chi connectivity index (χ2n) is 4.34. The summed E-state index contributed by atoms with van der Waals surface area (Å²) in [5.74, 6) is -1.98. The molecule has 0 heterocycles. The van der Waals surface area contributed by atoms with Crippen LogP contribution in [-0.4, -0.2) is 28.1 Å². The molecule has 0 radical (unpaired) electrons. The third kappa shape index (κ3) is 3.00. The van der Waals surface area contributed by atoms with Gasteiger partial charge < -0.3 is 15.5 Å². The first kappa shape index (κ1) is 14.0. The Hall–Kier alpha value is -2.04. The summed E-state index contributed by atoms with van der Waals surface area (Å²) in [6.07, 6.45) is 0. The molecule has 3 N–H and O–H groups in total. The van der Waals surface area contributed by atoms with Crippen molar-refractivity contribution in [2.45, 2.75) is 26.8 Å². The van der Waals surface area contributed by atoms with Crippen LogP contribution in [0, 0.1) is 12.8 Å². The maximum absolute atomic E-state index is 11.9. The fourth-order valence-electron chi connectivity index (χ4n) is 1.49. The van der Waals surface area contributed by atoms with E-state index >= 15 is 0 Å². The Morgan fingerprint density at radius 1 is 1.28 bits per heavy atom. The second-order valence-corrected chi connectivity index (χ2v) is 4.34. The zero-order chi connectivity index (χ0) is 13.9. The fraction of sp³-hybridized carbons (Fsp3) is 0.385. The van der Waals surface area contributed by atoms with Gasteiger partial charge in [0.25, 0.3) is 5.91 Å². The van der Waals surface area contributed by atoms with Gasteiger partial charge in [-0.1, -0.05) is 6.07 Å². The Bertz CT molecular complexity index is 470. The molecule has 0 spiro atoms. The van der Waals surface area contributed by atoms with Crippen molar-refractivity contribution in [2.75, 3.05) is 0 Å². The maximum atomic E-state index is 11.9. The summed E-state index contributed by atoms with van der Waals surface area (Å²) in [5, 5.41) is 21.0. The van der Waals surface area contributed by atoms with Crippen LogP contribution in [0.5, 0.6) is 5.75 Å². The molecule has 0 aromatic heterocycles. The largest absolute Gasteiger partial charge is 0.508 e. The topological polar surface area (TPSA) is 86.6 Å². The van der Waals surface area contributed by atoms with Crippen LogP contribution < -0.4 is 5.32 Å². The van der Waals surface area contributed by atoms with Crippen LogP contribution in [0.3, 0.4) is 0 Å². The lowest BCUT2D eigenvalue weighted by atomic mass is 10.0. The first-order valence-electron chi connectivity index (χ1n) is 5.66. The third-order valence-corrected chi connectivity index (χ3v) is 3.05. The summed E-state index contributed by atoms with van der Waals surface area (Å²) >= 11 is 0. The molecule has 1 aromatic carbocycles. The minimum absolute atomic E-state index is 0.0431. The standard InChI is InChI=1S/C13H17NO4/c1-7(13(17)18)9(3)14-12(16)10-5-4-6-11(15)8(10)2/h4-7,9,15H,1-3H3,(H,14,16)(H,17,18). The number of aromatic hydroxyl groups is 1. The van der Waals surface area contributed by atoms with Crippen molar-refractivity contribution < 1.29 is 19.8 Å². The zero-order valence-electron chi connectivity index (χ0n) is 10.6. The molecular formula is C13H17NO4. The van der Waals surface area contributed by atoms with Crippen LogP contribution in [0.2, 0.25) is 0 Å². The quantitative estimate of drug-likeness (QED) is 0.757. The average Bonchev–Trinajstić information content (AvgIpc) is 2.31. The lowest BCUT2D eigenvalue weighted by molar-refractivity contribution is -0.141. The van der Waals surface area contributed by atoms with Gasteiger partial charge in [0.05, 0.1) is 5.92 Å². The van der Waals surface area contributed by atoms with Crippen molar-refractivity contribution in [1.29, 1.82) is 0 Å². The molecule has 0 bridgehead atoms. The van der Waals surface area contributed by atoms with E-state index in [0.717, 1.165) is 0 Å². The van der Waals surface area contributed by atoms with E-state index in [2.05, 4.69) is 5.32 Å². The fourth-order valence-corrected chi connectivity index (χ4v) is 1.49. The monoisotopic (exact) mass is 251 g/mol. The van der Waals surface area contributed by atoms with Gasteiger partial charge >= 0.3 is 5.97 Å². The molecule has 0 saturated carbocycles. The van der Waals surface area contributed by atoms with Crippen molar-refractivity contribution in [3.8, 4) is 5.75 Å². The zero-order valence-corrected chi connectivity index (χ0v) is 10.6. The highest BCUT2D eigenvalue weighted by molar-refractivity contribution is 5.96. The Kier molecular flexibility index (Phi) is 4.31. The van der Waals surface area contributed by atoms with Crippen LogP contribution in [0.15, 0.2) is 18.2 Å². The Balaban J connectivity index is 2.83. The Morgan fingerprint density at radius 3 is 2.44 bits per heavy atom. The highest BCUT2D eigenvalue weighted by Gasteiger charge is 2.22. The number of carbonyl (C=O) groups excluding carboxylic acids is 1. The van der Waals surface area contributed by atoms with Gasteiger partial charge in [-0.25, -0.2) is 0 Å². The molecular weight excluding hydrogens is 234 g/mol. The van der Waals surface area contributed by atoms with E-state index in [9.17, 15) is 14.7 Å². The number of hydrogen-bond donors (Lipinski definition) is 3. The SMILES string of the molecule is Cc1c(O)cccc1C(=O)NC(C)C(C)C(=O)O. The molecule has 1 aromatic rings. The predicted octanol–water partition coefficient (Wildman–Crippen LogP) is 1.54. The molecule has 98 valence electrons. The molecule has 18 heavy (non-hydrogen) atoms. The number of aliphatic carboxylic acids is 1. The van der Waals surface area contributed by atoms with Gasteiger partial charge in [-0.3, -0.25) is 9.59 Å². The first-order valence-corrected chi connectivity index (χ1v) is 5.66. The smallest absolute Gasteiger partial charge is 0.308 e. The lowest BCUT2D eigenvalue weighted by Crippen LogP contribution is -2.40. The number of amides is 1. The van der Waals surface area contributed by atoms with Gasteiger partial charge in [0.1, 0.15) is 5.75 Å². The predicted molar refractivity (Wildman–Crippen MR) is 66.6 cm³/mol. The van der Waals surface area contributed by atoms with Gasteiger partial charge in [0.15, 0.2) is 0 Å². The number of hydrogen-bond acceptors (Lipinski definition) is 3. The summed E-state index contributed by atoms with van der Waals surface area (Å²) < 4.78 is 0. The summed E-state index contributed by atoms with van der Waals surface area (Å²) in [6, 6.07) is 4.16. The Morgan fingerprint density at radius 2 is 1.89 bits per heavy atom. The molecule has 5 heteroatoms.